The highest BCUT2D eigenvalue weighted by atomic mass is 19.2. The number of carbonyl (C=O) groups excluding carboxylic acids is 1. The second-order valence-electron chi connectivity index (χ2n) is 4.20. The van der Waals surface area contributed by atoms with Gasteiger partial charge in [-0.1, -0.05) is 6.07 Å². The van der Waals surface area contributed by atoms with Gasteiger partial charge in [-0.3, -0.25) is 4.79 Å². The van der Waals surface area contributed by atoms with E-state index >= 15 is 0 Å². The Morgan fingerprint density at radius 2 is 1.90 bits per heavy atom. The molecule has 2 rings (SSSR count). The van der Waals surface area contributed by atoms with Crippen molar-refractivity contribution >= 4 is 11.6 Å². The van der Waals surface area contributed by atoms with E-state index in [0.29, 0.717) is 12.2 Å². The van der Waals surface area contributed by atoms with Gasteiger partial charge in [-0.15, -0.1) is 0 Å². The molecule has 0 saturated heterocycles. The van der Waals surface area contributed by atoms with E-state index in [4.69, 9.17) is 0 Å². The molecule has 0 fully saturated rings. The molecule has 0 saturated carbocycles. The second kappa shape index (κ2) is 5.69. The summed E-state index contributed by atoms with van der Waals surface area (Å²) in [5, 5.41) is 9.44. The molecule has 0 bridgehead atoms. The number of rotatable bonds is 3. The number of hydrogen-bond acceptors (Lipinski definition) is 2. The number of benzene rings is 2. The Bertz CT molecular complexity index is 644. The molecular formula is C15H13F2NO2. The van der Waals surface area contributed by atoms with Gasteiger partial charge in [-0.25, -0.2) is 8.78 Å². The summed E-state index contributed by atoms with van der Waals surface area (Å²) in [6, 6.07) is 9.18. The smallest absolute Gasteiger partial charge is 0.258 e. The van der Waals surface area contributed by atoms with Gasteiger partial charge in [0.25, 0.3) is 5.91 Å². The number of anilines is 1. The van der Waals surface area contributed by atoms with E-state index in [1.54, 1.807) is 19.1 Å². The molecule has 1 amide bonds. The fourth-order valence-corrected chi connectivity index (χ4v) is 1.89. The molecular weight excluding hydrogens is 264 g/mol. The number of carbonyl (C=O) groups is 1. The van der Waals surface area contributed by atoms with Crippen LogP contribution in [0, 0.1) is 11.6 Å². The predicted octanol–water partition coefficient (Wildman–Crippen LogP) is 3.34. The minimum atomic E-state index is -1.07. The Kier molecular flexibility index (Phi) is 3.98. The van der Waals surface area contributed by atoms with Crippen LogP contribution in [0.2, 0.25) is 0 Å². The highest BCUT2D eigenvalue weighted by molar-refractivity contribution is 6.06. The molecule has 0 aliphatic rings. The van der Waals surface area contributed by atoms with E-state index in [1.807, 2.05) is 0 Å². The van der Waals surface area contributed by atoms with E-state index < -0.39 is 17.5 Å². The zero-order valence-electron chi connectivity index (χ0n) is 10.8. The lowest BCUT2D eigenvalue weighted by atomic mass is 10.1. The van der Waals surface area contributed by atoms with Gasteiger partial charge in [-0.05, 0) is 37.3 Å². The minimum Gasteiger partial charge on any atom is -0.508 e. The van der Waals surface area contributed by atoms with E-state index in [9.17, 15) is 18.7 Å². The van der Waals surface area contributed by atoms with Crippen LogP contribution in [0.3, 0.4) is 0 Å². The first-order valence-electron chi connectivity index (χ1n) is 6.09. The summed E-state index contributed by atoms with van der Waals surface area (Å²) >= 11 is 0. The van der Waals surface area contributed by atoms with Gasteiger partial charge in [0.15, 0.2) is 11.6 Å². The molecule has 0 aromatic heterocycles. The van der Waals surface area contributed by atoms with Gasteiger partial charge in [0, 0.05) is 23.9 Å². The standard InChI is InChI=1S/C15H13F2NO2/c1-2-18(11-4-3-5-12(19)9-11)15(20)10-6-7-13(16)14(17)8-10/h3-9,19H,2H2,1H3. The summed E-state index contributed by atoms with van der Waals surface area (Å²) in [4.78, 5) is 13.7. The molecule has 104 valence electrons. The fraction of sp³-hybridized carbons (Fsp3) is 0.133. The Labute approximate surface area is 115 Å². The number of aromatic hydroxyl groups is 1. The minimum absolute atomic E-state index is 0.0269. The molecule has 0 heterocycles. The van der Waals surface area contributed by atoms with E-state index in [-0.39, 0.29) is 11.3 Å². The number of halogens is 2. The average Bonchev–Trinajstić information content (AvgIpc) is 2.42. The van der Waals surface area contributed by atoms with Gasteiger partial charge in [-0.2, -0.15) is 0 Å². The van der Waals surface area contributed by atoms with Crippen molar-refractivity contribution in [3.8, 4) is 5.75 Å². The van der Waals surface area contributed by atoms with Crippen molar-refractivity contribution in [1.29, 1.82) is 0 Å². The van der Waals surface area contributed by atoms with Crippen LogP contribution in [0.25, 0.3) is 0 Å². The lowest BCUT2D eigenvalue weighted by Gasteiger charge is -2.21. The van der Waals surface area contributed by atoms with Crippen molar-refractivity contribution in [2.24, 2.45) is 0 Å². The third-order valence-electron chi connectivity index (χ3n) is 2.87. The lowest BCUT2D eigenvalue weighted by molar-refractivity contribution is 0.0988. The molecule has 0 aliphatic heterocycles. The SMILES string of the molecule is CCN(C(=O)c1ccc(F)c(F)c1)c1cccc(O)c1. The molecule has 0 spiro atoms. The molecule has 0 unspecified atom stereocenters. The molecule has 0 radical (unpaired) electrons. The van der Waals surface area contributed by atoms with Crippen molar-refractivity contribution in [2.45, 2.75) is 6.92 Å². The van der Waals surface area contributed by atoms with Crippen molar-refractivity contribution < 1.29 is 18.7 Å². The summed E-state index contributed by atoms with van der Waals surface area (Å²) < 4.78 is 26.1. The van der Waals surface area contributed by atoms with Gasteiger partial charge >= 0.3 is 0 Å². The van der Waals surface area contributed by atoms with Gasteiger partial charge < -0.3 is 10.0 Å². The number of phenolic OH excluding ortho intramolecular Hbond substituents is 1. The molecule has 2 aromatic carbocycles. The average molecular weight is 277 g/mol. The maximum Gasteiger partial charge on any atom is 0.258 e. The van der Waals surface area contributed by atoms with Crippen LogP contribution in [0.15, 0.2) is 42.5 Å². The first kappa shape index (κ1) is 14.0. The summed E-state index contributed by atoms with van der Waals surface area (Å²) in [7, 11) is 0. The zero-order valence-corrected chi connectivity index (χ0v) is 10.8. The maximum absolute atomic E-state index is 13.2. The number of amides is 1. The lowest BCUT2D eigenvalue weighted by Crippen LogP contribution is -2.30. The van der Waals surface area contributed by atoms with Crippen LogP contribution in [0.4, 0.5) is 14.5 Å². The molecule has 2 aromatic rings. The summed E-state index contributed by atoms with van der Waals surface area (Å²) in [6.45, 7) is 2.09. The van der Waals surface area contributed by atoms with Crippen LogP contribution in [0.1, 0.15) is 17.3 Å². The summed E-state index contributed by atoms with van der Waals surface area (Å²) in [5.74, 6) is -2.50. The molecule has 20 heavy (non-hydrogen) atoms. The number of hydrogen-bond donors (Lipinski definition) is 1. The number of nitrogens with zero attached hydrogens (tertiary/aromatic N) is 1. The van der Waals surface area contributed by atoms with E-state index in [1.165, 1.54) is 23.1 Å². The van der Waals surface area contributed by atoms with Crippen LogP contribution in [-0.4, -0.2) is 17.6 Å². The third kappa shape index (κ3) is 2.77. The van der Waals surface area contributed by atoms with Gasteiger partial charge in [0.2, 0.25) is 0 Å². The third-order valence-corrected chi connectivity index (χ3v) is 2.87. The summed E-state index contributed by atoms with van der Waals surface area (Å²) in [5.41, 5.74) is 0.538. The molecule has 3 nitrogen and oxygen atoms in total. The zero-order chi connectivity index (χ0) is 14.7. The van der Waals surface area contributed by atoms with Gasteiger partial charge in [0.1, 0.15) is 5.75 Å². The highest BCUT2D eigenvalue weighted by Crippen LogP contribution is 2.22. The maximum atomic E-state index is 13.2. The van der Waals surface area contributed by atoms with Crippen molar-refractivity contribution in [2.75, 3.05) is 11.4 Å². The largest absolute Gasteiger partial charge is 0.508 e. The molecule has 0 atom stereocenters. The molecule has 0 aliphatic carbocycles. The quantitative estimate of drug-likeness (QED) is 0.934. The van der Waals surface area contributed by atoms with E-state index in [0.717, 1.165) is 12.1 Å². The van der Waals surface area contributed by atoms with Crippen molar-refractivity contribution in [1.82, 2.24) is 0 Å². The molecule has 5 heteroatoms. The Morgan fingerprint density at radius 1 is 1.15 bits per heavy atom. The first-order valence-corrected chi connectivity index (χ1v) is 6.09. The Morgan fingerprint density at radius 3 is 2.50 bits per heavy atom. The normalized spacial score (nSPS) is 10.3. The van der Waals surface area contributed by atoms with E-state index in [2.05, 4.69) is 0 Å². The monoisotopic (exact) mass is 277 g/mol. The fourth-order valence-electron chi connectivity index (χ4n) is 1.89. The summed E-state index contributed by atoms with van der Waals surface area (Å²) in [6.07, 6.45) is 0. The van der Waals surface area contributed by atoms with Crippen LogP contribution >= 0.6 is 0 Å². The second-order valence-corrected chi connectivity index (χ2v) is 4.20. The topological polar surface area (TPSA) is 40.5 Å². The van der Waals surface area contributed by atoms with Crippen LogP contribution in [-0.2, 0) is 0 Å². The van der Waals surface area contributed by atoms with Crippen LogP contribution in [0.5, 0.6) is 5.75 Å². The Hall–Kier alpha value is -2.43. The first-order chi connectivity index (χ1) is 9.52. The molecule has 1 N–H and O–H groups in total. The predicted molar refractivity (Wildman–Crippen MR) is 71.8 cm³/mol. The van der Waals surface area contributed by atoms with Gasteiger partial charge in [0.05, 0.1) is 0 Å². The number of phenols is 1. The van der Waals surface area contributed by atoms with Crippen LogP contribution < -0.4 is 4.90 Å². The highest BCUT2D eigenvalue weighted by Gasteiger charge is 2.18. The van der Waals surface area contributed by atoms with Crippen molar-refractivity contribution in [3.63, 3.8) is 0 Å². The Balaban J connectivity index is 2.36. The van der Waals surface area contributed by atoms with Crippen molar-refractivity contribution in [3.05, 3.63) is 59.7 Å².